The van der Waals surface area contributed by atoms with Gasteiger partial charge in [-0.15, -0.1) is 0 Å². The molecule has 2 nitrogen and oxygen atoms in total. The standard InChI is InChI=1S/C15H15BrF2N2/c1-2-5-20-15(10-6-12(18)9-19-8-10)13-7-11(17)3-4-14(13)16/h3-4,6-9,15,20H,2,5H2,1H3. The first-order valence-corrected chi connectivity index (χ1v) is 7.20. The van der Waals surface area contributed by atoms with Gasteiger partial charge in [-0.25, -0.2) is 8.78 Å². The highest BCUT2D eigenvalue weighted by Gasteiger charge is 2.17. The number of pyridine rings is 1. The Hall–Kier alpha value is -1.33. The number of nitrogens with zero attached hydrogens (tertiary/aromatic N) is 1. The fourth-order valence-electron chi connectivity index (χ4n) is 2.02. The zero-order valence-corrected chi connectivity index (χ0v) is 12.6. The van der Waals surface area contributed by atoms with Crippen molar-refractivity contribution in [3.63, 3.8) is 0 Å². The monoisotopic (exact) mass is 340 g/mol. The summed E-state index contributed by atoms with van der Waals surface area (Å²) in [5.74, 6) is -0.728. The lowest BCUT2D eigenvalue weighted by Gasteiger charge is -2.20. The summed E-state index contributed by atoms with van der Waals surface area (Å²) < 4.78 is 27.6. The van der Waals surface area contributed by atoms with Gasteiger partial charge in [0.05, 0.1) is 12.2 Å². The molecule has 0 saturated heterocycles. The van der Waals surface area contributed by atoms with Gasteiger partial charge in [-0.05, 0) is 48.4 Å². The Labute approximate surface area is 125 Å². The van der Waals surface area contributed by atoms with E-state index < -0.39 is 5.82 Å². The molecule has 0 spiro atoms. The number of halogens is 3. The second-order valence-electron chi connectivity index (χ2n) is 4.49. The lowest BCUT2D eigenvalue weighted by molar-refractivity contribution is 0.572. The molecule has 1 heterocycles. The van der Waals surface area contributed by atoms with Gasteiger partial charge in [0.25, 0.3) is 0 Å². The lowest BCUT2D eigenvalue weighted by atomic mass is 10.00. The van der Waals surface area contributed by atoms with Crippen LogP contribution in [0.2, 0.25) is 0 Å². The van der Waals surface area contributed by atoms with Crippen LogP contribution in [0.1, 0.15) is 30.5 Å². The van der Waals surface area contributed by atoms with Gasteiger partial charge in [-0.3, -0.25) is 4.98 Å². The first-order valence-electron chi connectivity index (χ1n) is 6.40. The lowest BCUT2D eigenvalue weighted by Crippen LogP contribution is -2.24. The molecule has 1 unspecified atom stereocenters. The van der Waals surface area contributed by atoms with Crippen LogP contribution in [0, 0.1) is 11.6 Å². The molecule has 0 aliphatic carbocycles. The van der Waals surface area contributed by atoms with Gasteiger partial charge in [-0.1, -0.05) is 22.9 Å². The Morgan fingerprint density at radius 2 is 2.00 bits per heavy atom. The molecule has 1 aromatic heterocycles. The van der Waals surface area contributed by atoms with Crippen molar-refractivity contribution >= 4 is 15.9 Å². The molecule has 0 saturated carbocycles. The molecule has 0 aliphatic rings. The maximum Gasteiger partial charge on any atom is 0.141 e. The Morgan fingerprint density at radius 3 is 2.70 bits per heavy atom. The molecule has 1 N–H and O–H groups in total. The fourth-order valence-corrected chi connectivity index (χ4v) is 2.49. The van der Waals surface area contributed by atoms with Crippen LogP contribution in [0.4, 0.5) is 8.78 Å². The quantitative estimate of drug-likeness (QED) is 0.881. The maximum absolute atomic E-state index is 13.5. The summed E-state index contributed by atoms with van der Waals surface area (Å²) in [4.78, 5) is 3.87. The highest BCUT2D eigenvalue weighted by Crippen LogP contribution is 2.29. The van der Waals surface area contributed by atoms with Gasteiger partial charge in [0.1, 0.15) is 11.6 Å². The van der Waals surface area contributed by atoms with E-state index in [0.717, 1.165) is 29.2 Å². The minimum absolute atomic E-state index is 0.303. The Bertz CT molecular complexity index is 590. The average molecular weight is 341 g/mol. The van der Waals surface area contributed by atoms with Crippen LogP contribution in [0.25, 0.3) is 0 Å². The predicted molar refractivity (Wildman–Crippen MR) is 78.4 cm³/mol. The van der Waals surface area contributed by atoms with Crippen LogP contribution in [0.3, 0.4) is 0 Å². The van der Waals surface area contributed by atoms with Crippen molar-refractivity contribution in [1.29, 1.82) is 0 Å². The number of hydrogen-bond acceptors (Lipinski definition) is 2. The molecular weight excluding hydrogens is 326 g/mol. The third-order valence-corrected chi connectivity index (χ3v) is 3.65. The third kappa shape index (κ3) is 3.61. The number of rotatable bonds is 5. The normalized spacial score (nSPS) is 12.4. The summed E-state index contributed by atoms with van der Waals surface area (Å²) >= 11 is 3.42. The molecule has 0 radical (unpaired) electrons. The van der Waals surface area contributed by atoms with Crippen molar-refractivity contribution < 1.29 is 8.78 Å². The summed E-state index contributed by atoms with van der Waals surface area (Å²) in [5, 5.41) is 3.29. The number of hydrogen-bond donors (Lipinski definition) is 1. The van der Waals surface area contributed by atoms with Crippen LogP contribution in [0.5, 0.6) is 0 Å². The summed E-state index contributed by atoms with van der Waals surface area (Å²) in [6.45, 7) is 2.78. The number of aromatic nitrogens is 1. The van der Waals surface area contributed by atoms with E-state index in [0.29, 0.717) is 5.56 Å². The molecule has 0 fully saturated rings. The van der Waals surface area contributed by atoms with Gasteiger partial charge >= 0.3 is 0 Å². The smallest absolute Gasteiger partial charge is 0.141 e. The molecule has 1 aromatic carbocycles. The summed E-state index contributed by atoms with van der Waals surface area (Å²) in [6, 6.07) is 5.59. The first kappa shape index (κ1) is 15.1. The molecule has 0 aliphatic heterocycles. The van der Waals surface area contributed by atoms with Crippen LogP contribution in [0.15, 0.2) is 41.1 Å². The van der Waals surface area contributed by atoms with Crippen LogP contribution in [-0.4, -0.2) is 11.5 Å². The molecule has 20 heavy (non-hydrogen) atoms. The summed E-state index contributed by atoms with van der Waals surface area (Å²) in [6.07, 6.45) is 3.67. The molecule has 1 atom stereocenters. The minimum atomic E-state index is -0.404. The van der Waals surface area contributed by atoms with Gasteiger partial charge < -0.3 is 5.32 Å². The van der Waals surface area contributed by atoms with E-state index >= 15 is 0 Å². The molecule has 106 valence electrons. The Balaban J connectivity index is 2.44. The van der Waals surface area contributed by atoms with Crippen molar-refractivity contribution in [2.45, 2.75) is 19.4 Å². The SMILES string of the molecule is CCCNC(c1cncc(F)c1)c1cc(F)ccc1Br. The third-order valence-electron chi connectivity index (χ3n) is 2.93. The van der Waals surface area contributed by atoms with Crippen molar-refractivity contribution in [2.24, 2.45) is 0 Å². The van der Waals surface area contributed by atoms with Gasteiger partial charge in [-0.2, -0.15) is 0 Å². The zero-order chi connectivity index (χ0) is 14.5. The second kappa shape index (κ2) is 6.90. The van der Waals surface area contributed by atoms with E-state index in [4.69, 9.17) is 0 Å². The highest BCUT2D eigenvalue weighted by atomic mass is 79.9. The second-order valence-corrected chi connectivity index (χ2v) is 5.34. The molecule has 2 aromatic rings. The van der Waals surface area contributed by atoms with Crippen LogP contribution < -0.4 is 5.32 Å². The van der Waals surface area contributed by atoms with E-state index in [1.165, 1.54) is 18.2 Å². The number of nitrogens with one attached hydrogen (secondary N) is 1. The molecule has 5 heteroatoms. The largest absolute Gasteiger partial charge is 0.306 e. The zero-order valence-electron chi connectivity index (χ0n) is 11.0. The summed E-state index contributed by atoms with van der Waals surface area (Å²) in [7, 11) is 0. The fraction of sp³-hybridized carbons (Fsp3) is 0.267. The average Bonchev–Trinajstić information content (AvgIpc) is 2.43. The highest BCUT2D eigenvalue weighted by molar-refractivity contribution is 9.10. The van der Waals surface area contributed by atoms with Crippen molar-refractivity contribution in [3.05, 3.63) is 63.9 Å². The van der Waals surface area contributed by atoms with Crippen molar-refractivity contribution in [2.75, 3.05) is 6.54 Å². The van der Waals surface area contributed by atoms with Gasteiger partial charge in [0.2, 0.25) is 0 Å². The van der Waals surface area contributed by atoms with Crippen LogP contribution >= 0.6 is 15.9 Å². The topological polar surface area (TPSA) is 24.9 Å². The molecule has 0 bridgehead atoms. The van der Waals surface area contributed by atoms with Crippen molar-refractivity contribution in [1.82, 2.24) is 10.3 Å². The maximum atomic E-state index is 13.5. The molecule has 2 rings (SSSR count). The number of benzene rings is 1. The predicted octanol–water partition coefficient (Wildman–Crippen LogP) is 4.21. The van der Waals surface area contributed by atoms with E-state index in [1.54, 1.807) is 12.3 Å². The first-order chi connectivity index (χ1) is 9.61. The van der Waals surface area contributed by atoms with E-state index in [2.05, 4.69) is 26.2 Å². The molecular formula is C15H15BrF2N2. The van der Waals surface area contributed by atoms with Crippen LogP contribution in [-0.2, 0) is 0 Å². The Morgan fingerprint density at radius 1 is 1.20 bits per heavy atom. The van der Waals surface area contributed by atoms with Gasteiger partial charge in [0.15, 0.2) is 0 Å². The van der Waals surface area contributed by atoms with Crippen molar-refractivity contribution in [3.8, 4) is 0 Å². The van der Waals surface area contributed by atoms with Gasteiger partial charge in [0, 0.05) is 10.7 Å². The molecule has 0 amide bonds. The van der Waals surface area contributed by atoms with E-state index in [-0.39, 0.29) is 11.9 Å². The Kier molecular flexibility index (Phi) is 5.20. The van der Waals surface area contributed by atoms with E-state index in [9.17, 15) is 8.78 Å². The minimum Gasteiger partial charge on any atom is -0.306 e. The van der Waals surface area contributed by atoms with E-state index in [1.807, 2.05) is 6.92 Å². The summed E-state index contributed by atoms with van der Waals surface area (Å²) in [5.41, 5.74) is 1.40.